The molecule has 1 N–H and O–H groups in total. The van der Waals surface area contributed by atoms with Gasteiger partial charge in [0, 0.05) is 37.9 Å². The van der Waals surface area contributed by atoms with E-state index in [9.17, 15) is 5.11 Å². The Morgan fingerprint density at radius 1 is 1.16 bits per heavy atom. The summed E-state index contributed by atoms with van der Waals surface area (Å²) in [5.41, 5.74) is 3.62. The van der Waals surface area contributed by atoms with Crippen LogP contribution in [-0.4, -0.2) is 40.6 Å². The molecule has 0 fully saturated rings. The topological polar surface area (TPSA) is 35.9 Å². The van der Waals surface area contributed by atoms with Gasteiger partial charge in [-0.05, 0) is 52.3 Å². The Bertz CT molecular complexity index is 598. The fourth-order valence-electron chi connectivity index (χ4n) is 2.79. The van der Waals surface area contributed by atoms with Crippen LogP contribution in [0.1, 0.15) is 51.3 Å². The number of benzene rings is 1. The maximum atomic E-state index is 9.98. The van der Waals surface area contributed by atoms with Crippen molar-refractivity contribution in [2.75, 3.05) is 20.1 Å². The first kappa shape index (κ1) is 21.1. The summed E-state index contributed by atoms with van der Waals surface area (Å²) in [6.45, 7) is 20.8. The van der Waals surface area contributed by atoms with Crippen LogP contribution in [0.15, 0.2) is 37.2 Å². The van der Waals surface area contributed by atoms with Gasteiger partial charge in [-0.2, -0.15) is 0 Å². The maximum absolute atomic E-state index is 9.98. The monoisotopic (exact) mass is 346 g/mol. The van der Waals surface area contributed by atoms with Gasteiger partial charge in [0.2, 0.25) is 0 Å². The van der Waals surface area contributed by atoms with Gasteiger partial charge in [0.1, 0.15) is 5.60 Å². The van der Waals surface area contributed by atoms with Crippen LogP contribution in [-0.2, 0) is 17.9 Å². The van der Waals surface area contributed by atoms with Gasteiger partial charge in [0.05, 0.1) is 6.61 Å². The lowest BCUT2D eigenvalue weighted by molar-refractivity contribution is 0.00750. The van der Waals surface area contributed by atoms with Crippen LogP contribution >= 0.6 is 0 Å². The third kappa shape index (κ3) is 5.82. The first-order valence-electron chi connectivity index (χ1n) is 8.89. The highest BCUT2D eigenvalue weighted by Gasteiger charge is 2.18. The first-order chi connectivity index (χ1) is 11.6. The Balaban J connectivity index is 3.07. The molecule has 4 nitrogen and oxygen atoms in total. The summed E-state index contributed by atoms with van der Waals surface area (Å²) >= 11 is 0. The Hall–Kier alpha value is -1.94. The number of nitrogens with zero attached hydrogens (tertiary/aromatic N) is 2. The largest absolute Gasteiger partial charge is 0.474 e. The van der Waals surface area contributed by atoms with E-state index in [4.69, 9.17) is 4.74 Å². The molecular weight excluding hydrogens is 312 g/mol. The highest BCUT2D eigenvalue weighted by Crippen LogP contribution is 2.26. The molecule has 0 amide bonds. The molecule has 1 aromatic carbocycles. The zero-order valence-electron chi connectivity index (χ0n) is 16.7. The Kier molecular flexibility index (Phi) is 7.56. The van der Waals surface area contributed by atoms with Gasteiger partial charge in [-0.15, -0.1) is 0 Å². The molecule has 0 atom stereocenters. The van der Waals surface area contributed by atoms with Crippen LogP contribution in [0.4, 0.5) is 0 Å². The van der Waals surface area contributed by atoms with E-state index in [1.165, 1.54) is 0 Å². The van der Waals surface area contributed by atoms with Gasteiger partial charge < -0.3 is 19.6 Å². The van der Waals surface area contributed by atoms with Crippen LogP contribution in [0.25, 0.3) is 5.70 Å². The van der Waals surface area contributed by atoms with Crippen molar-refractivity contribution >= 4 is 5.70 Å². The van der Waals surface area contributed by atoms with Gasteiger partial charge in [-0.3, -0.25) is 0 Å². The second kappa shape index (κ2) is 8.95. The van der Waals surface area contributed by atoms with Crippen molar-refractivity contribution in [3.8, 4) is 0 Å². The van der Waals surface area contributed by atoms with E-state index in [1.54, 1.807) is 0 Å². The zero-order valence-corrected chi connectivity index (χ0v) is 16.7. The lowest BCUT2D eigenvalue weighted by Gasteiger charge is -2.30. The fourth-order valence-corrected chi connectivity index (χ4v) is 2.79. The molecule has 0 saturated carbocycles. The van der Waals surface area contributed by atoms with E-state index in [-0.39, 0.29) is 12.2 Å². The van der Waals surface area contributed by atoms with Crippen molar-refractivity contribution in [1.82, 2.24) is 9.80 Å². The lowest BCUT2D eigenvalue weighted by atomic mass is 9.98. The Morgan fingerprint density at radius 3 is 2.24 bits per heavy atom. The minimum atomic E-state index is -0.288. The summed E-state index contributed by atoms with van der Waals surface area (Å²) in [5.74, 6) is 0.615. The molecule has 0 aliphatic carbocycles. The van der Waals surface area contributed by atoms with Crippen LogP contribution in [0.2, 0.25) is 0 Å². The molecule has 0 aromatic heterocycles. The zero-order chi connectivity index (χ0) is 19.2. The van der Waals surface area contributed by atoms with Crippen molar-refractivity contribution < 1.29 is 9.84 Å². The summed E-state index contributed by atoms with van der Waals surface area (Å²) in [7, 11) is 1.95. The third-order valence-electron chi connectivity index (χ3n) is 4.14. The molecular formula is C21H34N2O2. The molecule has 1 rings (SSSR count). The fraction of sp³-hybridized carbons (Fsp3) is 0.524. The van der Waals surface area contributed by atoms with Crippen molar-refractivity contribution in [3.05, 3.63) is 53.9 Å². The second-order valence-corrected chi connectivity index (χ2v) is 7.18. The normalized spacial score (nSPS) is 11.2. The standard InChI is InChI=1S/C21H34N2O2/c1-9-23(10-2)16(3)19-13-11-12-18(20(19)15-24)14-22(8)17(4)25-21(5,6)7/h11-13,24H,3-4,9-10,14-15H2,1-2,5-8H3. The molecule has 140 valence electrons. The summed E-state index contributed by atoms with van der Waals surface area (Å²) in [6.07, 6.45) is 0. The van der Waals surface area contributed by atoms with Crippen molar-refractivity contribution in [1.29, 1.82) is 0 Å². The summed E-state index contributed by atoms with van der Waals surface area (Å²) in [5, 5.41) is 9.98. The summed E-state index contributed by atoms with van der Waals surface area (Å²) in [6, 6.07) is 6.07. The van der Waals surface area contributed by atoms with Gasteiger partial charge in [-0.1, -0.05) is 24.8 Å². The van der Waals surface area contributed by atoms with Crippen molar-refractivity contribution in [2.45, 2.75) is 53.4 Å². The van der Waals surface area contributed by atoms with E-state index in [1.807, 2.05) is 50.9 Å². The minimum Gasteiger partial charge on any atom is -0.474 e. The van der Waals surface area contributed by atoms with Crippen LogP contribution in [0.3, 0.4) is 0 Å². The van der Waals surface area contributed by atoms with Gasteiger partial charge in [0.25, 0.3) is 0 Å². The number of ether oxygens (including phenoxy) is 1. The van der Waals surface area contributed by atoms with Gasteiger partial charge in [0.15, 0.2) is 5.88 Å². The number of aliphatic hydroxyl groups excluding tert-OH is 1. The molecule has 0 heterocycles. The molecule has 1 aromatic rings. The van der Waals surface area contributed by atoms with Crippen molar-refractivity contribution in [3.63, 3.8) is 0 Å². The van der Waals surface area contributed by atoms with E-state index in [0.29, 0.717) is 12.4 Å². The number of aliphatic hydroxyl groups is 1. The Labute approximate surface area is 153 Å². The first-order valence-corrected chi connectivity index (χ1v) is 8.89. The summed E-state index contributed by atoms with van der Waals surface area (Å²) < 4.78 is 5.84. The number of rotatable bonds is 9. The molecule has 25 heavy (non-hydrogen) atoms. The predicted molar refractivity (Wildman–Crippen MR) is 106 cm³/mol. The Morgan fingerprint density at radius 2 is 1.76 bits per heavy atom. The molecule has 0 spiro atoms. The van der Waals surface area contributed by atoms with E-state index in [2.05, 4.69) is 31.9 Å². The molecule has 4 heteroatoms. The number of hydrogen-bond donors (Lipinski definition) is 1. The quantitative estimate of drug-likeness (QED) is 0.680. The molecule has 0 radical (unpaired) electrons. The highest BCUT2D eigenvalue weighted by atomic mass is 16.5. The maximum Gasteiger partial charge on any atom is 0.182 e. The molecule has 0 aliphatic rings. The minimum absolute atomic E-state index is 0.0216. The number of hydrogen-bond acceptors (Lipinski definition) is 4. The third-order valence-corrected chi connectivity index (χ3v) is 4.14. The van der Waals surface area contributed by atoms with E-state index >= 15 is 0 Å². The average Bonchev–Trinajstić information content (AvgIpc) is 2.53. The molecule has 0 aliphatic heterocycles. The van der Waals surface area contributed by atoms with Crippen LogP contribution in [0, 0.1) is 0 Å². The molecule has 0 bridgehead atoms. The molecule has 0 unspecified atom stereocenters. The van der Waals surface area contributed by atoms with Gasteiger partial charge in [-0.25, -0.2) is 0 Å². The van der Waals surface area contributed by atoms with E-state index in [0.717, 1.165) is 35.5 Å². The second-order valence-electron chi connectivity index (χ2n) is 7.18. The average molecular weight is 347 g/mol. The summed E-state index contributed by atoms with van der Waals surface area (Å²) in [4.78, 5) is 4.16. The highest BCUT2D eigenvalue weighted by molar-refractivity contribution is 5.66. The lowest BCUT2D eigenvalue weighted by Crippen LogP contribution is -2.27. The van der Waals surface area contributed by atoms with Crippen LogP contribution in [0.5, 0.6) is 0 Å². The van der Waals surface area contributed by atoms with Crippen molar-refractivity contribution in [2.24, 2.45) is 0 Å². The van der Waals surface area contributed by atoms with E-state index < -0.39 is 0 Å². The smallest absolute Gasteiger partial charge is 0.182 e. The predicted octanol–water partition coefficient (Wildman–Crippen LogP) is 4.21. The van der Waals surface area contributed by atoms with Crippen LogP contribution < -0.4 is 0 Å². The molecule has 0 saturated heterocycles. The van der Waals surface area contributed by atoms with Gasteiger partial charge >= 0.3 is 0 Å². The SMILES string of the molecule is C=C(OC(C)(C)C)N(C)Cc1cccc(C(=C)N(CC)CC)c1CO.